The van der Waals surface area contributed by atoms with E-state index in [1.807, 2.05) is 18.3 Å². The van der Waals surface area contributed by atoms with Crippen molar-refractivity contribution in [3.05, 3.63) is 24.5 Å². The van der Waals surface area contributed by atoms with Crippen molar-refractivity contribution in [1.29, 1.82) is 0 Å². The van der Waals surface area contributed by atoms with Gasteiger partial charge in [-0.2, -0.15) is 5.10 Å². The summed E-state index contributed by atoms with van der Waals surface area (Å²) < 4.78 is 7.29. The van der Waals surface area contributed by atoms with Crippen LogP contribution in [0.1, 0.15) is 0 Å². The first-order chi connectivity index (χ1) is 8.36. The third-order valence-corrected chi connectivity index (χ3v) is 2.97. The zero-order valence-corrected chi connectivity index (χ0v) is 9.49. The van der Waals surface area contributed by atoms with Crippen LogP contribution in [-0.4, -0.2) is 46.9 Å². The van der Waals surface area contributed by atoms with E-state index in [4.69, 9.17) is 10.5 Å². The molecule has 0 spiro atoms. The lowest BCUT2D eigenvalue weighted by Crippen LogP contribution is -2.46. The van der Waals surface area contributed by atoms with Gasteiger partial charge in [0.1, 0.15) is 5.82 Å². The fraction of sp³-hybridized carbons (Fsp3) is 0.455. The molecule has 17 heavy (non-hydrogen) atoms. The summed E-state index contributed by atoms with van der Waals surface area (Å²) in [6, 6.07) is 3.86. The topological polar surface area (TPSA) is 68.7 Å². The molecule has 6 nitrogen and oxygen atoms in total. The quantitative estimate of drug-likeness (QED) is 0.784. The average Bonchev–Trinajstić information content (AvgIpc) is 2.86. The fourth-order valence-electron chi connectivity index (χ4n) is 2.05. The van der Waals surface area contributed by atoms with E-state index in [9.17, 15) is 0 Å². The van der Waals surface area contributed by atoms with Gasteiger partial charge in [-0.3, -0.25) is 0 Å². The van der Waals surface area contributed by atoms with Gasteiger partial charge in [0.25, 0.3) is 0 Å². The second-order valence-electron chi connectivity index (χ2n) is 4.09. The molecule has 1 unspecified atom stereocenters. The van der Waals surface area contributed by atoms with Crippen LogP contribution in [-0.2, 0) is 4.74 Å². The highest BCUT2D eigenvalue weighted by molar-refractivity contribution is 5.47. The Morgan fingerprint density at radius 2 is 2.41 bits per heavy atom. The van der Waals surface area contributed by atoms with Crippen molar-refractivity contribution in [2.45, 2.75) is 6.10 Å². The van der Waals surface area contributed by atoms with Crippen LogP contribution in [0.25, 0.3) is 5.65 Å². The molecule has 0 radical (unpaired) electrons. The van der Waals surface area contributed by atoms with Gasteiger partial charge >= 0.3 is 0 Å². The predicted octanol–water partition coefficient (Wildman–Crippen LogP) is -0.107. The summed E-state index contributed by atoms with van der Waals surface area (Å²) in [7, 11) is 0. The molecule has 1 saturated heterocycles. The van der Waals surface area contributed by atoms with Crippen molar-refractivity contribution in [3.8, 4) is 0 Å². The summed E-state index contributed by atoms with van der Waals surface area (Å²) in [6.07, 6.45) is 3.77. The van der Waals surface area contributed by atoms with Crippen LogP contribution in [0.4, 0.5) is 5.82 Å². The number of hydrogen-bond acceptors (Lipinski definition) is 5. The number of anilines is 1. The molecule has 0 saturated carbocycles. The van der Waals surface area contributed by atoms with E-state index in [0.29, 0.717) is 13.2 Å². The van der Waals surface area contributed by atoms with E-state index < -0.39 is 0 Å². The van der Waals surface area contributed by atoms with Gasteiger partial charge in [0.05, 0.1) is 18.9 Å². The lowest BCUT2D eigenvalue weighted by atomic mass is 10.2. The molecular formula is C11H15N5O. The second kappa shape index (κ2) is 4.31. The van der Waals surface area contributed by atoms with Gasteiger partial charge in [0, 0.05) is 31.9 Å². The Kier molecular flexibility index (Phi) is 2.66. The van der Waals surface area contributed by atoms with Gasteiger partial charge in [-0.25, -0.2) is 9.50 Å². The summed E-state index contributed by atoms with van der Waals surface area (Å²) in [5.41, 5.74) is 6.49. The molecule has 1 fully saturated rings. The zero-order chi connectivity index (χ0) is 11.7. The molecule has 3 heterocycles. The molecule has 2 aromatic rings. The third kappa shape index (κ3) is 1.96. The maximum Gasteiger partial charge on any atom is 0.157 e. The third-order valence-electron chi connectivity index (χ3n) is 2.97. The Morgan fingerprint density at radius 1 is 1.47 bits per heavy atom. The Hall–Kier alpha value is -1.66. The molecule has 1 aliphatic heterocycles. The monoisotopic (exact) mass is 233 g/mol. The summed E-state index contributed by atoms with van der Waals surface area (Å²) in [6.45, 7) is 2.90. The highest BCUT2D eigenvalue weighted by Gasteiger charge is 2.20. The van der Waals surface area contributed by atoms with Gasteiger partial charge in [0.2, 0.25) is 0 Å². The van der Waals surface area contributed by atoms with Crippen molar-refractivity contribution >= 4 is 11.5 Å². The maximum atomic E-state index is 5.63. The van der Waals surface area contributed by atoms with Crippen LogP contribution < -0.4 is 10.6 Å². The Morgan fingerprint density at radius 3 is 3.29 bits per heavy atom. The highest BCUT2D eigenvalue weighted by Crippen LogP contribution is 2.15. The van der Waals surface area contributed by atoms with Crippen molar-refractivity contribution in [1.82, 2.24) is 14.6 Å². The fourth-order valence-corrected chi connectivity index (χ4v) is 2.05. The molecule has 0 amide bonds. The van der Waals surface area contributed by atoms with Gasteiger partial charge in [-0.1, -0.05) is 0 Å². The van der Waals surface area contributed by atoms with Gasteiger partial charge < -0.3 is 15.4 Å². The molecule has 90 valence electrons. The minimum atomic E-state index is 0.103. The van der Waals surface area contributed by atoms with E-state index in [2.05, 4.69) is 15.0 Å². The van der Waals surface area contributed by atoms with Crippen LogP contribution in [0.3, 0.4) is 0 Å². The maximum absolute atomic E-state index is 5.63. The van der Waals surface area contributed by atoms with Crippen molar-refractivity contribution in [2.75, 3.05) is 31.1 Å². The zero-order valence-electron chi connectivity index (χ0n) is 9.49. The molecule has 2 aromatic heterocycles. The molecule has 2 N–H and O–H groups in total. The number of rotatable bonds is 2. The number of nitrogens with zero attached hydrogens (tertiary/aromatic N) is 4. The van der Waals surface area contributed by atoms with Crippen LogP contribution in [0, 0.1) is 0 Å². The summed E-state index contributed by atoms with van der Waals surface area (Å²) in [5, 5.41) is 4.13. The van der Waals surface area contributed by atoms with Crippen molar-refractivity contribution in [2.24, 2.45) is 5.73 Å². The van der Waals surface area contributed by atoms with Crippen molar-refractivity contribution in [3.63, 3.8) is 0 Å². The summed E-state index contributed by atoms with van der Waals surface area (Å²) >= 11 is 0. The molecule has 1 atom stereocenters. The lowest BCUT2D eigenvalue weighted by Gasteiger charge is -2.33. The first kappa shape index (κ1) is 10.5. The van der Waals surface area contributed by atoms with Gasteiger partial charge in [-0.05, 0) is 6.07 Å². The molecule has 3 rings (SSSR count). The number of morpholine rings is 1. The number of fused-ring (bicyclic) bond motifs is 1. The Labute approximate surface area is 99.0 Å². The smallest absolute Gasteiger partial charge is 0.157 e. The normalized spacial score (nSPS) is 21.0. The molecule has 0 aromatic carbocycles. The van der Waals surface area contributed by atoms with Crippen LogP contribution >= 0.6 is 0 Å². The minimum Gasteiger partial charge on any atom is -0.373 e. The number of hydrogen-bond donors (Lipinski definition) is 1. The first-order valence-corrected chi connectivity index (χ1v) is 5.74. The van der Waals surface area contributed by atoms with E-state index >= 15 is 0 Å². The van der Waals surface area contributed by atoms with Crippen LogP contribution in [0.15, 0.2) is 24.5 Å². The Bertz CT molecular complexity index is 511. The van der Waals surface area contributed by atoms with E-state index in [0.717, 1.165) is 24.6 Å². The van der Waals surface area contributed by atoms with E-state index in [1.165, 1.54) is 0 Å². The largest absolute Gasteiger partial charge is 0.373 e. The lowest BCUT2D eigenvalue weighted by molar-refractivity contribution is 0.0463. The number of ether oxygens (including phenoxy) is 1. The van der Waals surface area contributed by atoms with Crippen LogP contribution in [0.2, 0.25) is 0 Å². The molecule has 1 aliphatic rings. The number of aromatic nitrogens is 3. The molecule has 0 aliphatic carbocycles. The van der Waals surface area contributed by atoms with E-state index in [1.54, 1.807) is 10.7 Å². The van der Waals surface area contributed by atoms with Crippen molar-refractivity contribution < 1.29 is 4.74 Å². The minimum absolute atomic E-state index is 0.103. The highest BCUT2D eigenvalue weighted by atomic mass is 16.5. The first-order valence-electron chi connectivity index (χ1n) is 5.74. The molecule has 0 bridgehead atoms. The van der Waals surface area contributed by atoms with Gasteiger partial charge in [0.15, 0.2) is 5.65 Å². The van der Waals surface area contributed by atoms with Gasteiger partial charge in [-0.15, -0.1) is 0 Å². The molecular weight excluding hydrogens is 218 g/mol. The molecule has 6 heteroatoms. The second-order valence-corrected chi connectivity index (χ2v) is 4.09. The summed E-state index contributed by atoms with van der Waals surface area (Å²) in [5.74, 6) is 0.958. The predicted molar refractivity (Wildman–Crippen MR) is 64.0 cm³/mol. The SMILES string of the molecule is NCC1CN(c2ccn3nccc3n2)CCO1. The average molecular weight is 233 g/mol. The Balaban J connectivity index is 1.86. The summed E-state index contributed by atoms with van der Waals surface area (Å²) in [4.78, 5) is 6.76. The number of nitrogens with two attached hydrogens (primary N) is 1. The van der Waals surface area contributed by atoms with Crippen LogP contribution in [0.5, 0.6) is 0 Å². The van der Waals surface area contributed by atoms with E-state index in [-0.39, 0.29) is 6.10 Å². The standard InChI is InChI=1S/C11H15N5O/c12-7-9-8-15(5-6-17-9)10-2-4-16-11(14-10)1-3-13-16/h1-4,9H,5-8,12H2.